The SMILES string of the molecule is Fc1ccc(Oc2cc(Cl)nc(C(F)(F)F)n2)c(F)c1. The number of ether oxygens (including phenoxy) is 1. The molecular weight excluding hydrogens is 307 g/mol. The van der Waals surface area contributed by atoms with E-state index < -0.39 is 40.4 Å². The van der Waals surface area contributed by atoms with E-state index in [9.17, 15) is 22.0 Å². The van der Waals surface area contributed by atoms with Crippen LogP contribution in [0.2, 0.25) is 5.15 Å². The molecule has 0 atom stereocenters. The van der Waals surface area contributed by atoms with E-state index in [0.717, 1.165) is 18.2 Å². The minimum Gasteiger partial charge on any atom is -0.436 e. The van der Waals surface area contributed by atoms with Crippen molar-refractivity contribution in [3.8, 4) is 11.6 Å². The summed E-state index contributed by atoms with van der Waals surface area (Å²) in [7, 11) is 0. The first kappa shape index (κ1) is 14.4. The van der Waals surface area contributed by atoms with E-state index in [1.807, 2.05) is 0 Å². The average molecular weight is 311 g/mol. The second-order valence-electron chi connectivity index (χ2n) is 3.53. The number of nitrogens with zero attached hydrogens (tertiary/aromatic N) is 2. The van der Waals surface area contributed by atoms with Gasteiger partial charge in [0.15, 0.2) is 11.6 Å². The van der Waals surface area contributed by atoms with Crippen molar-refractivity contribution in [3.63, 3.8) is 0 Å². The fourth-order valence-corrected chi connectivity index (χ4v) is 1.42. The highest BCUT2D eigenvalue weighted by molar-refractivity contribution is 6.29. The number of aromatic nitrogens is 2. The van der Waals surface area contributed by atoms with Crippen LogP contribution in [0.15, 0.2) is 24.3 Å². The summed E-state index contributed by atoms with van der Waals surface area (Å²) in [5.74, 6) is -4.57. The molecule has 0 unspecified atom stereocenters. The number of halogens is 6. The standard InChI is InChI=1S/C11H4ClF5N2O/c12-8-4-9(19-10(18-8)11(15,16)17)20-7-2-1-5(13)3-6(7)14/h1-4H. The molecule has 0 saturated heterocycles. The van der Waals surface area contributed by atoms with Crippen molar-refractivity contribution < 1.29 is 26.7 Å². The zero-order valence-corrected chi connectivity index (χ0v) is 10.1. The molecule has 9 heteroatoms. The monoisotopic (exact) mass is 310 g/mol. The predicted molar refractivity (Wildman–Crippen MR) is 58.5 cm³/mol. The van der Waals surface area contributed by atoms with Gasteiger partial charge in [0.25, 0.3) is 0 Å². The zero-order valence-electron chi connectivity index (χ0n) is 9.38. The van der Waals surface area contributed by atoms with Gasteiger partial charge in [0.2, 0.25) is 11.7 Å². The van der Waals surface area contributed by atoms with E-state index in [1.54, 1.807) is 0 Å². The van der Waals surface area contributed by atoms with Crippen LogP contribution in [0.5, 0.6) is 11.6 Å². The molecule has 0 bridgehead atoms. The zero-order chi connectivity index (χ0) is 14.9. The van der Waals surface area contributed by atoms with Crippen LogP contribution in [-0.4, -0.2) is 9.97 Å². The van der Waals surface area contributed by atoms with Gasteiger partial charge in [-0.1, -0.05) is 11.6 Å². The predicted octanol–water partition coefficient (Wildman–Crippen LogP) is 4.22. The van der Waals surface area contributed by atoms with Crippen molar-refractivity contribution in [3.05, 3.63) is 46.9 Å². The molecule has 3 nitrogen and oxygen atoms in total. The van der Waals surface area contributed by atoms with Gasteiger partial charge in [-0.3, -0.25) is 0 Å². The van der Waals surface area contributed by atoms with Crippen molar-refractivity contribution in [2.24, 2.45) is 0 Å². The molecule has 0 aliphatic carbocycles. The topological polar surface area (TPSA) is 35.0 Å². The summed E-state index contributed by atoms with van der Waals surface area (Å²) < 4.78 is 68.2. The van der Waals surface area contributed by atoms with Gasteiger partial charge in [-0.2, -0.15) is 18.2 Å². The molecule has 2 rings (SSSR count). The molecule has 1 aromatic carbocycles. The second-order valence-corrected chi connectivity index (χ2v) is 3.91. The first-order chi connectivity index (χ1) is 9.25. The normalized spacial score (nSPS) is 11.5. The van der Waals surface area contributed by atoms with Gasteiger partial charge in [0.05, 0.1) is 0 Å². The van der Waals surface area contributed by atoms with Crippen molar-refractivity contribution in [2.45, 2.75) is 6.18 Å². The van der Waals surface area contributed by atoms with Crippen LogP contribution in [-0.2, 0) is 6.18 Å². The smallest absolute Gasteiger partial charge is 0.436 e. The minimum atomic E-state index is -4.83. The Morgan fingerprint density at radius 2 is 1.75 bits per heavy atom. The average Bonchev–Trinajstić information content (AvgIpc) is 2.31. The maximum absolute atomic E-state index is 13.3. The van der Waals surface area contributed by atoms with Gasteiger partial charge in [-0.25, -0.2) is 13.8 Å². The summed E-state index contributed by atoms with van der Waals surface area (Å²) in [6.07, 6.45) is -4.83. The van der Waals surface area contributed by atoms with Crippen LogP contribution in [0, 0.1) is 11.6 Å². The van der Waals surface area contributed by atoms with Crippen LogP contribution in [0.4, 0.5) is 22.0 Å². The van der Waals surface area contributed by atoms with Crippen LogP contribution in [0.3, 0.4) is 0 Å². The van der Waals surface area contributed by atoms with Crippen LogP contribution in [0.25, 0.3) is 0 Å². The third kappa shape index (κ3) is 3.32. The Kier molecular flexibility index (Phi) is 3.76. The lowest BCUT2D eigenvalue weighted by Crippen LogP contribution is -2.11. The summed E-state index contributed by atoms with van der Waals surface area (Å²) in [6.45, 7) is 0. The fraction of sp³-hybridized carbons (Fsp3) is 0.0909. The van der Waals surface area contributed by atoms with Crippen molar-refractivity contribution in [1.82, 2.24) is 9.97 Å². The molecule has 20 heavy (non-hydrogen) atoms. The van der Waals surface area contributed by atoms with E-state index in [0.29, 0.717) is 6.07 Å². The van der Waals surface area contributed by atoms with E-state index >= 15 is 0 Å². The Morgan fingerprint density at radius 1 is 1.05 bits per heavy atom. The van der Waals surface area contributed by atoms with Crippen molar-refractivity contribution >= 4 is 11.6 Å². The van der Waals surface area contributed by atoms with Gasteiger partial charge in [-0.15, -0.1) is 0 Å². The number of hydrogen-bond donors (Lipinski definition) is 0. The molecule has 1 heterocycles. The molecule has 1 aromatic heterocycles. The largest absolute Gasteiger partial charge is 0.451 e. The Morgan fingerprint density at radius 3 is 2.35 bits per heavy atom. The summed E-state index contributed by atoms with van der Waals surface area (Å²) in [6, 6.07) is 3.18. The summed E-state index contributed by atoms with van der Waals surface area (Å²) in [4.78, 5) is 6.04. The number of rotatable bonds is 2. The highest BCUT2D eigenvalue weighted by atomic mass is 35.5. The van der Waals surface area contributed by atoms with E-state index in [1.165, 1.54) is 0 Å². The molecule has 0 aliphatic rings. The number of hydrogen-bond acceptors (Lipinski definition) is 3. The summed E-state index contributed by atoms with van der Waals surface area (Å²) in [5, 5.41) is -0.523. The maximum Gasteiger partial charge on any atom is 0.451 e. The van der Waals surface area contributed by atoms with Gasteiger partial charge in [0.1, 0.15) is 11.0 Å². The molecule has 0 amide bonds. The Bertz CT molecular complexity index is 647. The highest BCUT2D eigenvalue weighted by Gasteiger charge is 2.35. The van der Waals surface area contributed by atoms with Gasteiger partial charge in [-0.05, 0) is 12.1 Å². The third-order valence-corrected chi connectivity index (χ3v) is 2.23. The van der Waals surface area contributed by atoms with Crippen LogP contribution < -0.4 is 4.74 Å². The Hall–Kier alpha value is -1.96. The molecule has 106 valence electrons. The molecule has 0 N–H and O–H groups in total. The summed E-state index contributed by atoms with van der Waals surface area (Å²) in [5.41, 5.74) is 0. The highest BCUT2D eigenvalue weighted by Crippen LogP contribution is 2.31. The number of alkyl halides is 3. The second kappa shape index (κ2) is 5.20. The van der Waals surface area contributed by atoms with Gasteiger partial charge < -0.3 is 4.74 Å². The molecule has 0 saturated carbocycles. The van der Waals surface area contributed by atoms with Gasteiger partial charge in [0, 0.05) is 12.1 Å². The summed E-state index contributed by atoms with van der Waals surface area (Å²) >= 11 is 5.40. The third-order valence-electron chi connectivity index (χ3n) is 2.03. The molecule has 0 aliphatic heterocycles. The fourth-order valence-electron chi connectivity index (χ4n) is 1.25. The van der Waals surface area contributed by atoms with Crippen molar-refractivity contribution in [2.75, 3.05) is 0 Å². The lowest BCUT2D eigenvalue weighted by Gasteiger charge is -2.09. The maximum atomic E-state index is 13.3. The molecule has 0 fully saturated rings. The molecule has 0 spiro atoms. The first-order valence-electron chi connectivity index (χ1n) is 5.00. The number of benzene rings is 1. The van der Waals surface area contributed by atoms with Gasteiger partial charge >= 0.3 is 6.18 Å². The van der Waals surface area contributed by atoms with Crippen LogP contribution >= 0.6 is 11.6 Å². The Balaban J connectivity index is 2.36. The molecular formula is C11H4ClF5N2O. The van der Waals surface area contributed by atoms with E-state index in [4.69, 9.17) is 16.3 Å². The van der Waals surface area contributed by atoms with Crippen LogP contribution in [0.1, 0.15) is 5.82 Å². The first-order valence-corrected chi connectivity index (χ1v) is 5.38. The van der Waals surface area contributed by atoms with E-state index in [2.05, 4.69) is 9.97 Å². The lowest BCUT2D eigenvalue weighted by molar-refractivity contribution is -0.145. The molecule has 2 aromatic rings. The minimum absolute atomic E-state index is 0.491. The lowest BCUT2D eigenvalue weighted by atomic mass is 10.3. The molecule has 0 radical (unpaired) electrons. The quantitative estimate of drug-likeness (QED) is 0.615. The Labute approximate surface area is 114 Å². The van der Waals surface area contributed by atoms with E-state index in [-0.39, 0.29) is 0 Å². The van der Waals surface area contributed by atoms with Crippen molar-refractivity contribution in [1.29, 1.82) is 0 Å².